The van der Waals surface area contributed by atoms with Crippen molar-refractivity contribution in [2.45, 2.75) is 56.7 Å². The molecule has 0 saturated carbocycles. The average molecular weight is 652 g/mol. The van der Waals surface area contributed by atoms with E-state index in [2.05, 4.69) is 10.3 Å². The van der Waals surface area contributed by atoms with E-state index in [0.29, 0.717) is 50.7 Å². The number of rotatable bonds is 6. The van der Waals surface area contributed by atoms with E-state index in [9.17, 15) is 31.1 Å². The molecule has 7 nitrogen and oxygen atoms in total. The van der Waals surface area contributed by atoms with E-state index < -0.39 is 29.6 Å². The van der Waals surface area contributed by atoms with E-state index >= 15 is 0 Å². The molecule has 250 valence electrons. The van der Waals surface area contributed by atoms with Crippen LogP contribution in [-0.2, 0) is 23.7 Å². The average Bonchev–Trinajstić information content (AvgIpc) is 3.07. The van der Waals surface area contributed by atoms with Crippen molar-refractivity contribution in [2.75, 3.05) is 50.1 Å². The molecule has 1 aromatic heterocycles. The summed E-state index contributed by atoms with van der Waals surface area (Å²) in [5.74, 6) is -0.0530. The van der Waals surface area contributed by atoms with Gasteiger partial charge in [-0.2, -0.15) is 26.3 Å². The first-order valence-corrected chi connectivity index (χ1v) is 15.2. The summed E-state index contributed by atoms with van der Waals surface area (Å²) < 4.78 is 83.7. The molecule has 2 aliphatic rings. The lowest BCUT2D eigenvalue weighted by Gasteiger charge is -2.37. The van der Waals surface area contributed by atoms with Gasteiger partial charge < -0.3 is 24.8 Å². The minimum absolute atomic E-state index is 0.0530. The van der Waals surface area contributed by atoms with Crippen LogP contribution in [-0.4, -0.2) is 68.3 Å². The van der Waals surface area contributed by atoms with Crippen LogP contribution in [0.3, 0.4) is 0 Å². The van der Waals surface area contributed by atoms with Gasteiger partial charge in [-0.3, -0.25) is 0 Å². The number of pyridine rings is 1. The third-order valence-corrected chi connectivity index (χ3v) is 8.35. The van der Waals surface area contributed by atoms with Gasteiger partial charge >= 0.3 is 18.4 Å². The standard InChI is InChI=1S/C20H22F3N3O2.C13H17F3N2/c1-25(19(27)28-14-15-6-3-2-4-7-15)16-9-12-26(13-10-16)18-17(20(21,22)23)8-5-11-24-18;1-17-10-6-8-18(9-7-10)12-5-3-2-4-11(12)13(14,15)16/h2-8,11,16H,9-10,12-14H2,1H3;2-5,10,17H,6-9H2,1H3. The number of anilines is 2. The number of amides is 1. The molecular weight excluding hydrogens is 612 g/mol. The number of hydrogen-bond donors (Lipinski definition) is 1. The Bertz CT molecular complexity index is 1390. The van der Waals surface area contributed by atoms with Crippen LogP contribution in [0.4, 0.5) is 42.6 Å². The highest BCUT2D eigenvalue weighted by Gasteiger charge is 2.37. The number of ether oxygens (including phenoxy) is 1. The summed E-state index contributed by atoms with van der Waals surface area (Å²) in [5, 5.41) is 3.17. The zero-order valence-electron chi connectivity index (χ0n) is 25.8. The maximum absolute atomic E-state index is 13.2. The second-order valence-corrected chi connectivity index (χ2v) is 11.3. The summed E-state index contributed by atoms with van der Waals surface area (Å²) in [5.41, 5.74) is -0.0644. The molecule has 1 amide bonds. The van der Waals surface area contributed by atoms with Gasteiger partial charge in [0.25, 0.3) is 0 Å². The van der Waals surface area contributed by atoms with E-state index in [0.717, 1.165) is 30.5 Å². The molecule has 0 aliphatic carbocycles. The van der Waals surface area contributed by atoms with Crippen LogP contribution in [0.2, 0.25) is 0 Å². The van der Waals surface area contributed by atoms with Crippen LogP contribution in [0.25, 0.3) is 0 Å². The Balaban J connectivity index is 0.000000230. The van der Waals surface area contributed by atoms with Gasteiger partial charge in [-0.25, -0.2) is 9.78 Å². The number of nitrogens with one attached hydrogen (secondary N) is 1. The van der Waals surface area contributed by atoms with Crippen LogP contribution < -0.4 is 15.1 Å². The molecule has 3 aromatic rings. The van der Waals surface area contributed by atoms with Crippen LogP contribution in [0, 0.1) is 0 Å². The monoisotopic (exact) mass is 651 g/mol. The largest absolute Gasteiger partial charge is 0.445 e. The number of piperidine rings is 2. The molecule has 0 atom stereocenters. The number of alkyl halides is 6. The Morgan fingerprint density at radius 1 is 0.826 bits per heavy atom. The molecule has 5 rings (SSSR count). The van der Waals surface area contributed by atoms with Gasteiger partial charge in [0.2, 0.25) is 0 Å². The number of carbonyl (C=O) groups excluding carboxylic acids is 1. The normalized spacial score (nSPS) is 16.4. The first-order valence-electron chi connectivity index (χ1n) is 15.2. The fraction of sp³-hybridized carbons (Fsp3) is 0.455. The smallest absolute Gasteiger partial charge is 0.419 e. The van der Waals surface area contributed by atoms with E-state index in [1.54, 1.807) is 24.1 Å². The molecule has 2 saturated heterocycles. The van der Waals surface area contributed by atoms with Crippen molar-refractivity contribution in [3.63, 3.8) is 0 Å². The molecule has 0 unspecified atom stereocenters. The molecule has 0 spiro atoms. The molecule has 2 aromatic carbocycles. The van der Waals surface area contributed by atoms with Gasteiger partial charge in [0, 0.05) is 57.2 Å². The number of carbonyl (C=O) groups is 1. The molecule has 2 fully saturated rings. The molecule has 3 heterocycles. The van der Waals surface area contributed by atoms with Gasteiger partial charge in [0.15, 0.2) is 0 Å². The van der Waals surface area contributed by atoms with E-state index in [4.69, 9.17) is 4.74 Å². The Morgan fingerprint density at radius 3 is 2.00 bits per heavy atom. The maximum Gasteiger partial charge on any atom is 0.419 e. The van der Waals surface area contributed by atoms with E-state index in [1.165, 1.54) is 23.2 Å². The number of nitrogens with zero attached hydrogens (tertiary/aromatic N) is 4. The minimum atomic E-state index is -4.45. The fourth-order valence-corrected chi connectivity index (χ4v) is 5.70. The Kier molecular flexibility index (Phi) is 11.8. The Morgan fingerprint density at radius 2 is 1.39 bits per heavy atom. The molecule has 1 N–H and O–H groups in total. The number of para-hydroxylation sites is 1. The van der Waals surface area contributed by atoms with E-state index in [-0.39, 0.29) is 18.5 Å². The Hall–Kier alpha value is -4.00. The second-order valence-electron chi connectivity index (χ2n) is 11.3. The lowest BCUT2D eigenvalue weighted by Crippen LogP contribution is -2.46. The Labute approximate surface area is 265 Å². The van der Waals surface area contributed by atoms with Crippen LogP contribution in [0.5, 0.6) is 0 Å². The highest BCUT2D eigenvalue weighted by molar-refractivity contribution is 5.67. The van der Waals surface area contributed by atoms with Crippen molar-refractivity contribution in [1.82, 2.24) is 15.2 Å². The van der Waals surface area contributed by atoms with Crippen molar-refractivity contribution in [1.29, 1.82) is 0 Å². The van der Waals surface area contributed by atoms with Crippen LogP contribution in [0.1, 0.15) is 42.4 Å². The predicted molar refractivity (Wildman–Crippen MR) is 165 cm³/mol. The number of halogens is 6. The number of aromatic nitrogens is 1. The van der Waals surface area contributed by atoms with Crippen molar-refractivity contribution in [2.24, 2.45) is 0 Å². The molecule has 46 heavy (non-hydrogen) atoms. The summed E-state index contributed by atoms with van der Waals surface area (Å²) in [6.45, 7) is 2.30. The third-order valence-electron chi connectivity index (χ3n) is 8.35. The van der Waals surface area contributed by atoms with Crippen LogP contribution >= 0.6 is 0 Å². The summed E-state index contributed by atoms with van der Waals surface area (Å²) in [6.07, 6.45) is -4.95. The van der Waals surface area contributed by atoms with Crippen molar-refractivity contribution in [3.05, 3.63) is 89.6 Å². The SMILES string of the molecule is CN(C(=O)OCc1ccccc1)C1CCN(c2ncccc2C(F)(F)F)CC1.CNC1CCN(c2ccccc2C(F)(F)F)CC1. The minimum Gasteiger partial charge on any atom is -0.445 e. The van der Waals surface area contributed by atoms with Gasteiger partial charge in [-0.05, 0) is 62.6 Å². The van der Waals surface area contributed by atoms with Crippen molar-refractivity contribution in [3.8, 4) is 0 Å². The van der Waals surface area contributed by atoms with Gasteiger partial charge in [-0.1, -0.05) is 42.5 Å². The summed E-state index contributed by atoms with van der Waals surface area (Å²) in [4.78, 5) is 21.2. The lowest BCUT2D eigenvalue weighted by molar-refractivity contribution is -0.138. The first kappa shape index (κ1) is 34.9. The van der Waals surface area contributed by atoms with Crippen molar-refractivity contribution < 1.29 is 35.9 Å². The topological polar surface area (TPSA) is 60.9 Å². The predicted octanol–water partition coefficient (Wildman–Crippen LogP) is 7.23. The van der Waals surface area contributed by atoms with Gasteiger partial charge in [0.05, 0.1) is 11.1 Å². The third kappa shape index (κ3) is 9.27. The van der Waals surface area contributed by atoms with Gasteiger partial charge in [0.1, 0.15) is 12.4 Å². The molecule has 2 aliphatic heterocycles. The molecular formula is C33H39F6N5O2. The number of hydrogen-bond acceptors (Lipinski definition) is 6. The molecule has 0 radical (unpaired) electrons. The zero-order valence-corrected chi connectivity index (χ0v) is 25.8. The number of benzene rings is 2. The van der Waals surface area contributed by atoms with Crippen molar-refractivity contribution >= 4 is 17.6 Å². The molecule has 13 heteroatoms. The lowest BCUT2D eigenvalue weighted by atomic mass is 10.0. The summed E-state index contributed by atoms with van der Waals surface area (Å²) in [7, 11) is 3.56. The quantitative estimate of drug-likeness (QED) is 0.284. The highest BCUT2D eigenvalue weighted by atomic mass is 19.4. The summed E-state index contributed by atoms with van der Waals surface area (Å²) >= 11 is 0. The van der Waals surface area contributed by atoms with Gasteiger partial charge in [-0.15, -0.1) is 0 Å². The first-order chi connectivity index (χ1) is 21.9. The second kappa shape index (κ2) is 15.5. The zero-order chi connectivity index (χ0) is 33.3. The fourth-order valence-electron chi connectivity index (χ4n) is 5.70. The maximum atomic E-state index is 13.2. The molecule has 0 bridgehead atoms. The highest BCUT2D eigenvalue weighted by Crippen LogP contribution is 2.38. The van der Waals surface area contributed by atoms with E-state index in [1.807, 2.05) is 42.3 Å². The summed E-state index contributed by atoms with van der Waals surface area (Å²) in [6, 6.07) is 17.8. The van der Waals surface area contributed by atoms with Crippen LogP contribution in [0.15, 0.2) is 72.9 Å².